The number of aromatic nitrogens is 5. The van der Waals surface area contributed by atoms with Gasteiger partial charge in [-0.3, -0.25) is 0 Å². The number of aromatic amines is 1. The number of nitrogens with one attached hydrogen (secondary N) is 1. The molecular weight excluding hydrogens is 490 g/mol. The van der Waals surface area contributed by atoms with Gasteiger partial charge in [0.15, 0.2) is 0 Å². The summed E-state index contributed by atoms with van der Waals surface area (Å²) in [5.41, 5.74) is 2.87. The monoisotopic (exact) mass is 502 g/mol. The zero-order valence-electron chi connectivity index (χ0n) is 15.4. The molecule has 2 aromatic heterocycles. The van der Waals surface area contributed by atoms with Crippen LogP contribution in [0.15, 0.2) is 50.7 Å². The quantitative estimate of drug-likeness (QED) is 0.442. The minimum atomic E-state index is -1.03. The van der Waals surface area contributed by atoms with Crippen LogP contribution in [0.4, 0.5) is 0 Å². The Labute approximate surface area is 188 Å². The molecule has 0 radical (unpaired) electrons. The Morgan fingerprint density at radius 3 is 2.83 bits per heavy atom. The van der Waals surface area contributed by atoms with E-state index in [0.717, 1.165) is 49.4 Å². The normalized spacial score (nSPS) is 15.6. The van der Waals surface area contributed by atoms with Crippen molar-refractivity contribution in [2.24, 2.45) is 0 Å². The lowest BCUT2D eigenvalue weighted by atomic mass is 10.00. The van der Waals surface area contributed by atoms with E-state index < -0.39 is 5.97 Å². The molecule has 152 valence electrons. The number of tetrazole rings is 1. The van der Waals surface area contributed by atoms with Crippen molar-refractivity contribution in [3.63, 3.8) is 0 Å². The number of nitrogens with zero attached hydrogens (tertiary/aromatic N) is 4. The second-order valence-corrected chi connectivity index (χ2v) is 9.45. The smallest absolute Gasteiger partial charge is 0.204 e. The van der Waals surface area contributed by atoms with Crippen molar-refractivity contribution in [3.8, 4) is 11.4 Å². The molecule has 10 heteroatoms. The van der Waals surface area contributed by atoms with Gasteiger partial charge in [0.25, 0.3) is 0 Å². The molecule has 0 bridgehead atoms. The summed E-state index contributed by atoms with van der Waals surface area (Å²) in [7, 11) is 0. The molecule has 0 aliphatic carbocycles. The van der Waals surface area contributed by atoms with Crippen LogP contribution in [0.2, 0.25) is 5.02 Å². The Morgan fingerprint density at radius 2 is 2.13 bits per heavy atom. The van der Waals surface area contributed by atoms with Gasteiger partial charge in [0.1, 0.15) is 0 Å². The molecule has 3 heterocycles. The number of rotatable bonds is 5. The number of halogens is 2. The number of fused-ring (bicyclic) bond motifs is 3. The summed E-state index contributed by atoms with van der Waals surface area (Å²) in [4.78, 5) is 13.5. The molecule has 2 aromatic carbocycles. The van der Waals surface area contributed by atoms with Crippen molar-refractivity contribution in [1.29, 1.82) is 0 Å². The summed E-state index contributed by atoms with van der Waals surface area (Å²) in [6, 6.07) is 11.6. The molecule has 30 heavy (non-hydrogen) atoms. The van der Waals surface area contributed by atoms with Crippen molar-refractivity contribution >= 4 is 56.2 Å². The highest BCUT2D eigenvalue weighted by Gasteiger charge is 2.31. The molecule has 0 spiro atoms. The maximum absolute atomic E-state index is 11.4. The molecule has 0 saturated heterocycles. The van der Waals surface area contributed by atoms with Gasteiger partial charge >= 0.3 is 0 Å². The Morgan fingerprint density at radius 1 is 1.33 bits per heavy atom. The maximum atomic E-state index is 11.4. The highest BCUT2D eigenvalue weighted by atomic mass is 79.9. The first-order chi connectivity index (χ1) is 14.5. The Hall–Kier alpha value is -2.36. The lowest BCUT2D eigenvalue weighted by Gasteiger charge is -2.13. The number of carbonyl (C=O) groups is 1. The van der Waals surface area contributed by atoms with Crippen LogP contribution in [-0.2, 0) is 11.3 Å². The number of carboxylic acids is 1. The van der Waals surface area contributed by atoms with E-state index in [1.807, 2.05) is 36.4 Å². The zero-order chi connectivity index (χ0) is 20.8. The van der Waals surface area contributed by atoms with E-state index in [-0.39, 0.29) is 12.3 Å². The van der Waals surface area contributed by atoms with Crippen LogP contribution in [0, 0.1) is 0 Å². The molecule has 0 saturated carbocycles. The third-order valence-corrected chi connectivity index (χ3v) is 7.25. The predicted octanol–water partition coefficient (Wildman–Crippen LogP) is 4.02. The number of carbonyl (C=O) groups excluding carboxylic acids is 1. The summed E-state index contributed by atoms with van der Waals surface area (Å²) in [6.45, 7) is 0.743. The van der Waals surface area contributed by atoms with Gasteiger partial charge in [-0.1, -0.05) is 39.3 Å². The number of aryl methyl sites for hydroxylation is 1. The molecule has 1 atom stereocenters. The molecule has 0 amide bonds. The molecule has 1 N–H and O–H groups in total. The third kappa shape index (κ3) is 3.40. The number of hydrogen-bond donors (Lipinski definition) is 1. The maximum Gasteiger partial charge on any atom is 0.204 e. The Bertz CT molecular complexity index is 1260. The minimum Gasteiger partial charge on any atom is -0.550 e. The van der Waals surface area contributed by atoms with Gasteiger partial charge in [-0.15, -0.1) is 10.2 Å². The predicted molar refractivity (Wildman–Crippen MR) is 115 cm³/mol. The molecule has 5 rings (SSSR count). The SMILES string of the molecule is O=C([O-])CC1CCn2c1c(Sc1ccc(Cl)cc1)c1c(Br)cc(-c3nn[nH]n3)cc12. The number of H-pyrrole nitrogens is 1. The summed E-state index contributed by atoms with van der Waals surface area (Å²) < 4.78 is 3.10. The van der Waals surface area contributed by atoms with E-state index in [1.54, 1.807) is 11.8 Å². The molecule has 1 unspecified atom stereocenters. The first-order valence-electron chi connectivity index (χ1n) is 9.24. The topological polar surface area (TPSA) is 99.5 Å². The van der Waals surface area contributed by atoms with E-state index in [9.17, 15) is 9.90 Å². The number of benzene rings is 2. The van der Waals surface area contributed by atoms with Crippen LogP contribution >= 0.6 is 39.3 Å². The highest BCUT2D eigenvalue weighted by Crippen LogP contribution is 2.49. The van der Waals surface area contributed by atoms with E-state index >= 15 is 0 Å². The fourth-order valence-electron chi connectivity index (χ4n) is 4.02. The Balaban J connectivity index is 1.72. The third-order valence-electron chi connectivity index (χ3n) is 5.25. The molecule has 0 fully saturated rings. The average molecular weight is 504 g/mol. The van der Waals surface area contributed by atoms with Gasteiger partial charge in [0.2, 0.25) is 5.82 Å². The fourth-order valence-corrected chi connectivity index (χ4v) is 6.13. The van der Waals surface area contributed by atoms with Crippen molar-refractivity contribution < 1.29 is 9.90 Å². The summed E-state index contributed by atoms with van der Waals surface area (Å²) in [5.74, 6) is -0.630. The van der Waals surface area contributed by atoms with Crippen molar-refractivity contribution in [2.75, 3.05) is 0 Å². The van der Waals surface area contributed by atoms with E-state index in [1.165, 1.54) is 0 Å². The zero-order valence-corrected chi connectivity index (χ0v) is 18.6. The van der Waals surface area contributed by atoms with Gasteiger partial charge in [0.05, 0.1) is 5.52 Å². The van der Waals surface area contributed by atoms with Crippen LogP contribution in [0.25, 0.3) is 22.3 Å². The largest absolute Gasteiger partial charge is 0.550 e. The molecule has 1 aliphatic rings. The molecule has 4 aromatic rings. The van der Waals surface area contributed by atoms with Crippen LogP contribution in [0.5, 0.6) is 0 Å². The second-order valence-electron chi connectivity index (χ2n) is 7.07. The molecule has 1 aliphatic heterocycles. The molecule has 7 nitrogen and oxygen atoms in total. The number of hydrogen-bond acceptors (Lipinski definition) is 6. The van der Waals surface area contributed by atoms with Gasteiger partial charge in [-0.05, 0) is 54.5 Å². The lowest BCUT2D eigenvalue weighted by molar-refractivity contribution is -0.306. The van der Waals surface area contributed by atoms with Crippen molar-refractivity contribution in [2.45, 2.75) is 35.1 Å². The van der Waals surface area contributed by atoms with E-state index in [4.69, 9.17) is 11.6 Å². The van der Waals surface area contributed by atoms with Crippen molar-refractivity contribution in [1.82, 2.24) is 25.2 Å². The highest BCUT2D eigenvalue weighted by molar-refractivity contribution is 9.10. The van der Waals surface area contributed by atoms with Crippen molar-refractivity contribution in [3.05, 3.63) is 51.6 Å². The standard InChI is InChI=1S/C20H15BrClN5O2S/c21-14-7-11(20-23-25-26-24-20)8-15-17(14)19(30-13-3-1-12(22)2-4-13)18-10(9-16(28)29)5-6-27(15)18/h1-4,7-8,10H,5-6,9H2,(H,28,29)(H,23,24,25,26)/p-1. The van der Waals surface area contributed by atoms with E-state index in [2.05, 4.69) is 41.1 Å². The van der Waals surface area contributed by atoms with Crippen LogP contribution in [-0.4, -0.2) is 31.2 Å². The van der Waals surface area contributed by atoms with Gasteiger partial charge in [-0.2, -0.15) is 5.21 Å². The average Bonchev–Trinajstić information content (AvgIpc) is 3.42. The Kier molecular flexibility index (Phi) is 5.04. The fraction of sp³-hybridized carbons (Fsp3) is 0.200. The van der Waals surface area contributed by atoms with E-state index in [0.29, 0.717) is 10.8 Å². The second kappa shape index (κ2) is 7.72. The summed E-state index contributed by atoms with van der Waals surface area (Å²) >= 11 is 11.4. The minimum absolute atomic E-state index is 0.000181. The van der Waals surface area contributed by atoms with Gasteiger partial charge in [-0.25, -0.2) is 0 Å². The van der Waals surface area contributed by atoms with Crippen LogP contribution < -0.4 is 5.11 Å². The molecular formula is C20H14BrClN5O2S-. The number of aliphatic carboxylic acids is 1. The number of carboxylic acid groups (broad SMARTS) is 1. The summed E-state index contributed by atoms with van der Waals surface area (Å²) in [6.07, 6.45) is 0.761. The van der Waals surface area contributed by atoms with Gasteiger partial charge < -0.3 is 14.5 Å². The van der Waals surface area contributed by atoms with Crippen LogP contribution in [0.3, 0.4) is 0 Å². The van der Waals surface area contributed by atoms with Crippen LogP contribution in [0.1, 0.15) is 24.5 Å². The summed E-state index contributed by atoms with van der Waals surface area (Å²) in [5, 5.41) is 27.4. The first kappa shape index (κ1) is 19.6. The lowest BCUT2D eigenvalue weighted by Crippen LogP contribution is -2.24. The van der Waals surface area contributed by atoms with Gasteiger partial charge in [0, 0.05) is 54.4 Å². The first-order valence-corrected chi connectivity index (χ1v) is 11.2.